The quantitative estimate of drug-likeness (QED) is 0.739. The van der Waals surface area contributed by atoms with E-state index < -0.39 is 0 Å². The standard InChI is InChI=1S/C15H18OS/c16-14-7-5-4-6-13(12-14)10-11-17-15-8-2-1-3-9-15/h1-3,8-9,12H,4-7,10-11H2. The molecule has 1 aliphatic rings. The Morgan fingerprint density at radius 2 is 1.82 bits per heavy atom. The molecule has 1 nitrogen and oxygen atoms in total. The minimum atomic E-state index is 0.321. The highest BCUT2D eigenvalue weighted by Crippen LogP contribution is 2.23. The number of carbonyl (C=O) groups excluding carboxylic acids is 1. The van der Waals surface area contributed by atoms with E-state index in [0.29, 0.717) is 5.78 Å². The number of allylic oxidation sites excluding steroid dienone is 2. The summed E-state index contributed by atoms with van der Waals surface area (Å²) in [6.45, 7) is 0. The molecule has 0 aromatic heterocycles. The predicted octanol–water partition coefficient (Wildman–Crippen LogP) is 4.24. The molecular weight excluding hydrogens is 228 g/mol. The Morgan fingerprint density at radius 1 is 1.06 bits per heavy atom. The zero-order valence-corrected chi connectivity index (χ0v) is 10.8. The van der Waals surface area contributed by atoms with Crippen molar-refractivity contribution in [1.29, 1.82) is 0 Å². The van der Waals surface area contributed by atoms with Crippen molar-refractivity contribution in [3.05, 3.63) is 42.0 Å². The van der Waals surface area contributed by atoms with Crippen molar-refractivity contribution in [2.45, 2.75) is 37.0 Å². The van der Waals surface area contributed by atoms with Gasteiger partial charge in [0.05, 0.1) is 0 Å². The van der Waals surface area contributed by atoms with Gasteiger partial charge in [0.25, 0.3) is 0 Å². The zero-order valence-electron chi connectivity index (χ0n) is 10.0. The Bertz CT molecular complexity index is 395. The van der Waals surface area contributed by atoms with Gasteiger partial charge in [0.1, 0.15) is 0 Å². The summed E-state index contributed by atoms with van der Waals surface area (Å²) in [5.41, 5.74) is 1.34. The monoisotopic (exact) mass is 246 g/mol. The summed E-state index contributed by atoms with van der Waals surface area (Å²) in [5.74, 6) is 1.39. The lowest BCUT2D eigenvalue weighted by molar-refractivity contribution is -0.114. The summed E-state index contributed by atoms with van der Waals surface area (Å²) >= 11 is 1.87. The minimum Gasteiger partial charge on any atom is -0.295 e. The van der Waals surface area contributed by atoms with Crippen LogP contribution in [0.4, 0.5) is 0 Å². The van der Waals surface area contributed by atoms with Gasteiger partial charge >= 0.3 is 0 Å². The van der Waals surface area contributed by atoms with Gasteiger partial charge in [-0.1, -0.05) is 23.8 Å². The van der Waals surface area contributed by atoms with Gasteiger partial charge in [0.15, 0.2) is 5.78 Å². The molecule has 1 aromatic rings. The summed E-state index contributed by atoms with van der Waals surface area (Å²) in [6.07, 6.45) is 7.03. The minimum absolute atomic E-state index is 0.321. The van der Waals surface area contributed by atoms with E-state index in [9.17, 15) is 4.79 Å². The van der Waals surface area contributed by atoms with E-state index in [4.69, 9.17) is 0 Å². The predicted molar refractivity (Wildman–Crippen MR) is 73.3 cm³/mol. The third-order valence-electron chi connectivity index (χ3n) is 2.97. The fourth-order valence-electron chi connectivity index (χ4n) is 2.04. The van der Waals surface area contributed by atoms with Crippen molar-refractivity contribution < 1.29 is 4.79 Å². The maximum atomic E-state index is 11.4. The Hall–Kier alpha value is -1.02. The van der Waals surface area contributed by atoms with Gasteiger partial charge in [-0.05, 0) is 43.9 Å². The molecule has 0 N–H and O–H groups in total. The lowest BCUT2D eigenvalue weighted by atomic mass is 10.1. The van der Waals surface area contributed by atoms with Crippen LogP contribution in [0.1, 0.15) is 32.1 Å². The van der Waals surface area contributed by atoms with Gasteiger partial charge in [-0.3, -0.25) is 4.79 Å². The second kappa shape index (κ2) is 6.65. The van der Waals surface area contributed by atoms with Crippen molar-refractivity contribution in [3.63, 3.8) is 0 Å². The van der Waals surface area contributed by atoms with Gasteiger partial charge in [-0.15, -0.1) is 11.8 Å². The Kier molecular flexibility index (Phi) is 4.87. The largest absolute Gasteiger partial charge is 0.295 e. The van der Waals surface area contributed by atoms with Crippen LogP contribution >= 0.6 is 11.8 Å². The fraction of sp³-hybridized carbons (Fsp3) is 0.400. The molecule has 0 saturated heterocycles. The van der Waals surface area contributed by atoms with Crippen LogP contribution in [0.25, 0.3) is 0 Å². The molecule has 0 bridgehead atoms. The van der Waals surface area contributed by atoms with E-state index in [1.807, 2.05) is 23.9 Å². The maximum absolute atomic E-state index is 11.4. The molecule has 0 fully saturated rings. The summed E-state index contributed by atoms with van der Waals surface area (Å²) < 4.78 is 0. The average molecular weight is 246 g/mol. The highest BCUT2D eigenvalue weighted by atomic mass is 32.2. The van der Waals surface area contributed by atoms with E-state index in [0.717, 1.165) is 31.4 Å². The number of hydrogen-bond donors (Lipinski definition) is 0. The van der Waals surface area contributed by atoms with Gasteiger partial charge < -0.3 is 0 Å². The third kappa shape index (κ3) is 4.39. The molecule has 2 rings (SSSR count). The molecule has 0 amide bonds. The lowest BCUT2D eigenvalue weighted by Gasteiger charge is -2.04. The molecular formula is C15H18OS. The van der Waals surface area contributed by atoms with E-state index in [2.05, 4.69) is 24.3 Å². The van der Waals surface area contributed by atoms with Gasteiger partial charge in [0, 0.05) is 17.1 Å². The number of thioether (sulfide) groups is 1. The van der Waals surface area contributed by atoms with Crippen LogP contribution in [0.5, 0.6) is 0 Å². The first-order valence-corrected chi connectivity index (χ1v) is 7.23. The van der Waals surface area contributed by atoms with Crippen molar-refractivity contribution >= 4 is 17.5 Å². The Morgan fingerprint density at radius 3 is 2.65 bits per heavy atom. The second-order valence-electron chi connectivity index (χ2n) is 4.39. The molecule has 0 saturated carbocycles. The maximum Gasteiger partial charge on any atom is 0.155 e. The van der Waals surface area contributed by atoms with Gasteiger partial charge in [0.2, 0.25) is 0 Å². The van der Waals surface area contributed by atoms with Crippen molar-refractivity contribution in [3.8, 4) is 0 Å². The van der Waals surface area contributed by atoms with Crippen molar-refractivity contribution in [1.82, 2.24) is 0 Å². The Labute approximate surface area is 107 Å². The summed E-state index contributed by atoms with van der Waals surface area (Å²) in [4.78, 5) is 12.8. The van der Waals surface area contributed by atoms with E-state index in [-0.39, 0.29) is 0 Å². The molecule has 2 heteroatoms. The van der Waals surface area contributed by atoms with Crippen LogP contribution in [-0.2, 0) is 4.79 Å². The number of carbonyl (C=O) groups is 1. The second-order valence-corrected chi connectivity index (χ2v) is 5.56. The fourth-order valence-corrected chi connectivity index (χ4v) is 2.99. The van der Waals surface area contributed by atoms with Gasteiger partial charge in [-0.2, -0.15) is 0 Å². The molecule has 0 atom stereocenters. The van der Waals surface area contributed by atoms with E-state index in [1.54, 1.807) is 0 Å². The molecule has 0 unspecified atom stereocenters. The van der Waals surface area contributed by atoms with Crippen LogP contribution in [0.15, 0.2) is 46.9 Å². The molecule has 0 spiro atoms. The van der Waals surface area contributed by atoms with Crippen LogP contribution in [0.3, 0.4) is 0 Å². The van der Waals surface area contributed by atoms with Gasteiger partial charge in [-0.25, -0.2) is 0 Å². The number of benzene rings is 1. The number of ketones is 1. The van der Waals surface area contributed by atoms with E-state index in [1.165, 1.54) is 16.9 Å². The van der Waals surface area contributed by atoms with Crippen molar-refractivity contribution in [2.75, 3.05) is 5.75 Å². The van der Waals surface area contributed by atoms with E-state index >= 15 is 0 Å². The molecule has 1 aromatic carbocycles. The summed E-state index contributed by atoms with van der Waals surface area (Å²) in [5, 5.41) is 0. The highest BCUT2D eigenvalue weighted by molar-refractivity contribution is 7.99. The highest BCUT2D eigenvalue weighted by Gasteiger charge is 2.08. The summed E-state index contributed by atoms with van der Waals surface area (Å²) in [7, 11) is 0. The Balaban J connectivity index is 1.80. The van der Waals surface area contributed by atoms with Crippen LogP contribution < -0.4 is 0 Å². The lowest BCUT2D eigenvalue weighted by Crippen LogP contribution is -1.91. The molecule has 90 valence electrons. The molecule has 0 aliphatic heterocycles. The normalized spacial score (nSPS) is 16.5. The number of hydrogen-bond acceptors (Lipinski definition) is 2. The van der Waals surface area contributed by atoms with Crippen LogP contribution in [0.2, 0.25) is 0 Å². The smallest absolute Gasteiger partial charge is 0.155 e. The van der Waals surface area contributed by atoms with Crippen LogP contribution in [0, 0.1) is 0 Å². The zero-order chi connectivity index (χ0) is 11.9. The molecule has 0 heterocycles. The van der Waals surface area contributed by atoms with Crippen LogP contribution in [-0.4, -0.2) is 11.5 Å². The first kappa shape index (κ1) is 12.4. The molecule has 0 radical (unpaired) electrons. The molecule has 1 aliphatic carbocycles. The first-order chi connectivity index (χ1) is 8.34. The third-order valence-corrected chi connectivity index (χ3v) is 3.99. The summed E-state index contributed by atoms with van der Waals surface area (Å²) in [6, 6.07) is 10.4. The number of rotatable bonds is 4. The SMILES string of the molecule is O=C1C=C(CCSc2ccccc2)CCCC1. The average Bonchev–Trinajstić information content (AvgIpc) is 2.55. The molecule has 17 heavy (non-hydrogen) atoms. The first-order valence-electron chi connectivity index (χ1n) is 6.25. The van der Waals surface area contributed by atoms with Crippen molar-refractivity contribution in [2.24, 2.45) is 0 Å². The topological polar surface area (TPSA) is 17.1 Å².